The lowest BCUT2D eigenvalue weighted by molar-refractivity contribution is 0.387. The van der Waals surface area contributed by atoms with E-state index in [1.807, 2.05) is 0 Å². The zero-order chi connectivity index (χ0) is 17.4. The average molecular weight is 422 g/mol. The van der Waals surface area contributed by atoms with Gasteiger partial charge >= 0.3 is 0 Å². The first-order chi connectivity index (χ1) is 12.2. The van der Waals surface area contributed by atoms with Gasteiger partial charge in [0.15, 0.2) is 5.01 Å². The Hall–Kier alpha value is -2.13. The van der Waals surface area contributed by atoms with Crippen molar-refractivity contribution in [3.8, 4) is 16.5 Å². The molecule has 0 spiro atoms. The third-order valence-electron chi connectivity index (χ3n) is 4.00. The standard InChI is InChI=1S/C16H13BrFN5OS/c1-24-14-11-7-23(5-4-13(11)19-8-20-14)16-22-21-15(25-16)10-6-9(17)2-3-12(10)18/h2-3,6,8H,4-5,7H2,1H3. The van der Waals surface area contributed by atoms with Crippen LogP contribution in [0, 0.1) is 5.82 Å². The number of benzene rings is 1. The van der Waals surface area contributed by atoms with Crippen LogP contribution in [0.3, 0.4) is 0 Å². The number of anilines is 1. The molecule has 0 saturated heterocycles. The molecule has 0 atom stereocenters. The number of hydrogen-bond acceptors (Lipinski definition) is 7. The molecule has 0 radical (unpaired) electrons. The summed E-state index contributed by atoms with van der Waals surface area (Å²) in [5.74, 6) is 0.266. The minimum atomic E-state index is -0.315. The molecule has 6 nitrogen and oxygen atoms in total. The van der Waals surface area contributed by atoms with Gasteiger partial charge in [-0.1, -0.05) is 27.3 Å². The summed E-state index contributed by atoms with van der Waals surface area (Å²) in [6.07, 6.45) is 2.29. The highest BCUT2D eigenvalue weighted by Gasteiger charge is 2.24. The molecule has 0 N–H and O–H groups in total. The molecule has 0 fully saturated rings. The molecule has 1 aromatic carbocycles. The predicted molar refractivity (Wildman–Crippen MR) is 96.3 cm³/mol. The maximum Gasteiger partial charge on any atom is 0.221 e. The van der Waals surface area contributed by atoms with Gasteiger partial charge in [-0.3, -0.25) is 0 Å². The first kappa shape index (κ1) is 16.3. The Labute approximate surface area is 155 Å². The van der Waals surface area contributed by atoms with Crippen LogP contribution in [0.15, 0.2) is 29.0 Å². The minimum Gasteiger partial charge on any atom is -0.481 e. The molecule has 1 aliphatic rings. The first-order valence-electron chi connectivity index (χ1n) is 7.56. The lowest BCUT2D eigenvalue weighted by Gasteiger charge is -2.27. The highest BCUT2D eigenvalue weighted by atomic mass is 79.9. The minimum absolute atomic E-state index is 0.315. The number of methoxy groups -OCH3 is 1. The molecule has 128 valence electrons. The van der Waals surface area contributed by atoms with E-state index in [0.29, 0.717) is 23.0 Å². The van der Waals surface area contributed by atoms with Crippen LogP contribution < -0.4 is 9.64 Å². The number of nitrogens with zero attached hydrogens (tertiary/aromatic N) is 5. The Morgan fingerprint density at radius 3 is 3.00 bits per heavy atom. The van der Waals surface area contributed by atoms with E-state index in [2.05, 4.69) is 41.0 Å². The maximum absolute atomic E-state index is 14.1. The number of hydrogen-bond donors (Lipinski definition) is 0. The average Bonchev–Trinajstić information content (AvgIpc) is 3.12. The van der Waals surface area contributed by atoms with Gasteiger partial charge in [0.2, 0.25) is 11.0 Å². The highest BCUT2D eigenvalue weighted by molar-refractivity contribution is 9.10. The quantitative estimate of drug-likeness (QED) is 0.644. The summed E-state index contributed by atoms with van der Waals surface area (Å²) in [7, 11) is 1.60. The van der Waals surface area contributed by atoms with E-state index >= 15 is 0 Å². The van der Waals surface area contributed by atoms with Crippen molar-refractivity contribution in [2.75, 3.05) is 18.6 Å². The van der Waals surface area contributed by atoms with Crippen LogP contribution in [-0.2, 0) is 13.0 Å². The van der Waals surface area contributed by atoms with Crippen molar-refractivity contribution < 1.29 is 9.13 Å². The third-order valence-corrected chi connectivity index (χ3v) is 5.51. The highest BCUT2D eigenvalue weighted by Crippen LogP contribution is 2.34. The van der Waals surface area contributed by atoms with E-state index in [1.165, 1.54) is 23.7 Å². The van der Waals surface area contributed by atoms with Gasteiger partial charge in [-0.05, 0) is 18.2 Å². The van der Waals surface area contributed by atoms with Crippen molar-refractivity contribution in [2.45, 2.75) is 13.0 Å². The maximum atomic E-state index is 14.1. The Balaban J connectivity index is 1.64. The van der Waals surface area contributed by atoms with E-state index in [4.69, 9.17) is 4.74 Å². The fourth-order valence-corrected chi connectivity index (χ4v) is 4.02. The molecule has 3 aromatic rings. The summed E-state index contributed by atoms with van der Waals surface area (Å²) < 4.78 is 20.2. The molecule has 0 saturated carbocycles. The fraction of sp³-hybridized carbons (Fsp3) is 0.250. The van der Waals surface area contributed by atoms with Crippen LogP contribution >= 0.6 is 27.3 Å². The summed E-state index contributed by atoms with van der Waals surface area (Å²) in [5.41, 5.74) is 2.39. The van der Waals surface area contributed by atoms with Gasteiger partial charge in [-0.25, -0.2) is 14.4 Å². The molecule has 0 amide bonds. The monoisotopic (exact) mass is 421 g/mol. The third kappa shape index (κ3) is 3.09. The SMILES string of the molecule is COc1ncnc2c1CN(c1nnc(-c3cc(Br)ccc3F)s1)CC2. The zero-order valence-electron chi connectivity index (χ0n) is 13.2. The second-order valence-corrected chi connectivity index (χ2v) is 7.37. The summed E-state index contributed by atoms with van der Waals surface area (Å²) in [5, 5.41) is 9.71. The van der Waals surface area contributed by atoms with Crippen LogP contribution in [0.2, 0.25) is 0 Å². The number of aromatic nitrogens is 4. The van der Waals surface area contributed by atoms with Gasteiger partial charge < -0.3 is 9.64 Å². The second kappa shape index (κ2) is 6.64. The van der Waals surface area contributed by atoms with Gasteiger partial charge in [0.05, 0.1) is 24.9 Å². The van der Waals surface area contributed by atoms with E-state index in [0.717, 1.165) is 33.8 Å². The topological polar surface area (TPSA) is 64.0 Å². The smallest absolute Gasteiger partial charge is 0.221 e. The molecule has 4 rings (SSSR count). The van der Waals surface area contributed by atoms with Crippen molar-refractivity contribution in [3.63, 3.8) is 0 Å². The summed E-state index contributed by atoms with van der Waals surface area (Å²) >= 11 is 4.73. The molecule has 0 bridgehead atoms. The number of fused-ring (bicyclic) bond motifs is 1. The Morgan fingerprint density at radius 2 is 2.16 bits per heavy atom. The van der Waals surface area contributed by atoms with E-state index in [-0.39, 0.29) is 5.82 Å². The first-order valence-corrected chi connectivity index (χ1v) is 9.17. The van der Waals surface area contributed by atoms with Crippen LogP contribution in [0.4, 0.5) is 9.52 Å². The summed E-state index contributed by atoms with van der Waals surface area (Å²) in [6, 6.07) is 4.79. The molecular weight excluding hydrogens is 409 g/mol. The number of rotatable bonds is 3. The molecule has 25 heavy (non-hydrogen) atoms. The molecular formula is C16H13BrFN5OS. The van der Waals surface area contributed by atoms with Crippen LogP contribution in [0.5, 0.6) is 5.88 Å². The summed E-state index contributed by atoms with van der Waals surface area (Å²) in [4.78, 5) is 10.6. The molecule has 0 aliphatic carbocycles. The molecule has 9 heteroatoms. The lowest BCUT2D eigenvalue weighted by Crippen LogP contribution is -2.31. The molecule has 2 aromatic heterocycles. The lowest BCUT2D eigenvalue weighted by atomic mass is 10.1. The van der Waals surface area contributed by atoms with Crippen LogP contribution in [0.25, 0.3) is 10.6 Å². The van der Waals surface area contributed by atoms with Crippen LogP contribution in [-0.4, -0.2) is 33.8 Å². The van der Waals surface area contributed by atoms with Crippen molar-refractivity contribution in [2.24, 2.45) is 0 Å². The number of halogens is 2. The van der Waals surface area contributed by atoms with Crippen molar-refractivity contribution in [3.05, 3.63) is 46.1 Å². The van der Waals surface area contributed by atoms with Gasteiger partial charge in [-0.2, -0.15) is 0 Å². The van der Waals surface area contributed by atoms with Crippen molar-refractivity contribution in [1.82, 2.24) is 20.2 Å². The van der Waals surface area contributed by atoms with Gasteiger partial charge in [0, 0.05) is 23.0 Å². The van der Waals surface area contributed by atoms with Gasteiger partial charge in [-0.15, -0.1) is 10.2 Å². The molecule has 3 heterocycles. The summed E-state index contributed by atoms with van der Waals surface area (Å²) in [6.45, 7) is 1.36. The van der Waals surface area contributed by atoms with E-state index in [9.17, 15) is 4.39 Å². The van der Waals surface area contributed by atoms with Crippen molar-refractivity contribution in [1.29, 1.82) is 0 Å². The van der Waals surface area contributed by atoms with Gasteiger partial charge in [0.25, 0.3) is 0 Å². The van der Waals surface area contributed by atoms with Gasteiger partial charge in [0.1, 0.15) is 12.1 Å². The fourth-order valence-electron chi connectivity index (χ4n) is 2.77. The van der Waals surface area contributed by atoms with Crippen LogP contribution in [0.1, 0.15) is 11.3 Å². The van der Waals surface area contributed by atoms with Crippen molar-refractivity contribution >= 4 is 32.4 Å². The molecule has 1 aliphatic heterocycles. The second-order valence-electron chi connectivity index (χ2n) is 5.49. The Kier molecular flexibility index (Phi) is 4.34. The zero-order valence-corrected chi connectivity index (χ0v) is 15.6. The van der Waals surface area contributed by atoms with E-state index in [1.54, 1.807) is 19.2 Å². The normalized spacial score (nSPS) is 13.6. The number of ether oxygens (including phenoxy) is 1. The van der Waals surface area contributed by atoms with E-state index < -0.39 is 0 Å². The largest absolute Gasteiger partial charge is 0.481 e. The predicted octanol–water partition coefficient (Wildman–Crippen LogP) is 3.47. The molecule has 0 unspecified atom stereocenters. The Bertz CT molecular complexity index is 920. The Morgan fingerprint density at radius 1 is 1.28 bits per heavy atom.